The second-order valence-electron chi connectivity index (χ2n) is 3.47. The van der Waals surface area contributed by atoms with Crippen molar-refractivity contribution in [1.29, 1.82) is 0 Å². The van der Waals surface area contributed by atoms with Crippen LogP contribution >= 0.6 is 0 Å². The molecule has 0 aromatic carbocycles. The summed E-state index contributed by atoms with van der Waals surface area (Å²) in [5.74, 6) is 0. The lowest BCUT2D eigenvalue weighted by Crippen LogP contribution is -2.43. The molecular weight excluding hydrogens is 156 g/mol. The normalized spacial score (nSPS) is 20.5. The molecule has 0 aromatic heterocycles. The minimum atomic E-state index is 0.254. The first-order valence-electron chi connectivity index (χ1n) is 4.29. The molecule has 3 nitrogen and oxygen atoms in total. The Labute approximate surface area is 74.0 Å². The number of hydrogen-bond acceptors (Lipinski definition) is 3. The largest absolute Gasteiger partial charge is 0.380 e. The van der Waals surface area contributed by atoms with E-state index in [2.05, 4.69) is 13.8 Å². The van der Waals surface area contributed by atoms with Gasteiger partial charge in [-0.05, 0) is 6.92 Å². The Hall–Kier alpha value is -0.120. The van der Waals surface area contributed by atoms with Gasteiger partial charge in [-0.15, -0.1) is 0 Å². The molecule has 1 aliphatic heterocycles. The number of rotatable bonds is 6. The van der Waals surface area contributed by atoms with Gasteiger partial charge in [0.25, 0.3) is 0 Å². The van der Waals surface area contributed by atoms with Crippen molar-refractivity contribution in [2.75, 3.05) is 39.6 Å². The van der Waals surface area contributed by atoms with Crippen LogP contribution in [0.5, 0.6) is 0 Å². The predicted molar refractivity (Wildman–Crippen MR) is 45.9 cm³/mol. The van der Waals surface area contributed by atoms with Crippen molar-refractivity contribution in [3.05, 3.63) is 6.92 Å². The SMILES string of the molecule is [CH2]COCCOCC1(C)COC1. The Morgan fingerprint density at radius 1 is 1.33 bits per heavy atom. The van der Waals surface area contributed by atoms with E-state index in [1.54, 1.807) is 0 Å². The Bertz CT molecular complexity index is 121. The zero-order valence-electron chi connectivity index (χ0n) is 7.67. The topological polar surface area (TPSA) is 27.7 Å². The first-order chi connectivity index (χ1) is 5.77. The molecule has 0 aromatic rings. The molecule has 1 fully saturated rings. The smallest absolute Gasteiger partial charge is 0.0700 e. The summed E-state index contributed by atoms with van der Waals surface area (Å²) in [7, 11) is 0. The van der Waals surface area contributed by atoms with Crippen molar-refractivity contribution in [3.63, 3.8) is 0 Å². The Kier molecular flexibility index (Phi) is 3.98. The third-order valence-corrected chi connectivity index (χ3v) is 1.87. The van der Waals surface area contributed by atoms with Gasteiger partial charge in [-0.3, -0.25) is 0 Å². The Morgan fingerprint density at radius 2 is 2.00 bits per heavy atom. The van der Waals surface area contributed by atoms with Crippen LogP contribution in [0.15, 0.2) is 0 Å². The maximum absolute atomic E-state index is 5.41. The zero-order valence-corrected chi connectivity index (χ0v) is 7.67. The summed E-state index contributed by atoms with van der Waals surface area (Å²) >= 11 is 0. The lowest BCUT2D eigenvalue weighted by molar-refractivity contribution is -0.140. The maximum Gasteiger partial charge on any atom is 0.0700 e. The van der Waals surface area contributed by atoms with E-state index >= 15 is 0 Å². The summed E-state index contributed by atoms with van der Waals surface area (Å²) in [5.41, 5.74) is 0.254. The molecule has 0 atom stereocenters. The van der Waals surface area contributed by atoms with E-state index in [-0.39, 0.29) is 5.41 Å². The van der Waals surface area contributed by atoms with Crippen LogP contribution < -0.4 is 0 Å². The lowest BCUT2D eigenvalue weighted by Gasteiger charge is -2.37. The van der Waals surface area contributed by atoms with Crippen LogP contribution in [-0.2, 0) is 14.2 Å². The van der Waals surface area contributed by atoms with Crippen molar-refractivity contribution >= 4 is 0 Å². The van der Waals surface area contributed by atoms with Crippen molar-refractivity contribution < 1.29 is 14.2 Å². The molecule has 1 aliphatic rings. The average molecular weight is 173 g/mol. The Morgan fingerprint density at radius 3 is 2.50 bits per heavy atom. The van der Waals surface area contributed by atoms with Gasteiger partial charge in [0.05, 0.1) is 33.0 Å². The average Bonchev–Trinajstić information content (AvgIpc) is 2.01. The van der Waals surface area contributed by atoms with Gasteiger partial charge in [0, 0.05) is 12.0 Å². The van der Waals surface area contributed by atoms with Crippen LogP contribution in [0.2, 0.25) is 0 Å². The molecule has 0 unspecified atom stereocenters. The van der Waals surface area contributed by atoms with E-state index < -0.39 is 0 Å². The zero-order chi connectivity index (χ0) is 8.86. The summed E-state index contributed by atoms with van der Waals surface area (Å²) in [5, 5.41) is 0. The third-order valence-electron chi connectivity index (χ3n) is 1.87. The van der Waals surface area contributed by atoms with Crippen molar-refractivity contribution in [3.8, 4) is 0 Å². The van der Waals surface area contributed by atoms with E-state index in [4.69, 9.17) is 14.2 Å². The number of ether oxygens (including phenoxy) is 3. The van der Waals surface area contributed by atoms with Crippen molar-refractivity contribution in [2.24, 2.45) is 5.41 Å². The fourth-order valence-corrected chi connectivity index (χ4v) is 1.07. The van der Waals surface area contributed by atoms with E-state index in [0.29, 0.717) is 19.8 Å². The number of hydrogen-bond donors (Lipinski definition) is 0. The summed E-state index contributed by atoms with van der Waals surface area (Å²) < 4.78 is 15.5. The van der Waals surface area contributed by atoms with Crippen molar-refractivity contribution in [1.82, 2.24) is 0 Å². The second kappa shape index (κ2) is 4.80. The van der Waals surface area contributed by atoms with Gasteiger partial charge in [0.2, 0.25) is 0 Å². The molecular formula is C9H17O3. The minimum Gasteiger partial charge on any atom is -0.380 e. The molecule has 1 saturated heterocycles. The summed E-state index contributed by atoms with van der Waals surface area (Å²) in [6, 6.07) is 0. The molecule has 0 spiro atoms. The summed E-state index contributed by atoms with van der Waals surface area (Å²) in [4.78, 5) is 0. The maximum atomic E-state index is 5.41. The van der Waals surface area contributed by atoms with Crippen LogP contribution in [0, 0.1) is 12.3 Å². The highest BCUT2D eigenvalue weighted by molar-refractivity contribution is 4.79. The molecule has 0 bridgehead atoms. The van der Waals surface area contributed by atoms with E-state index in [9.17, 15) is 0 Å². The Balaban J connectivity index is 1.88. The van der Waals surface area contributed by atoms with E-state index in [0.717, 1.165) is 19.8 Å². The highest BCUT2D eigenvalue weighted by Crippen LogP contribution is 2.26. The monoisotopic (exact) mass is 173 g/mol. The predicted octanol–water partition coefficient (Wildman–Crippen LogP) is 0.890. The van der Waals surface area contributed by atoms with Gasteiger partial charge in [-0.1, -0.05) is 6.92 Å². The first-order valence-corrected chi connectivity index (χ1v) is 4.29. The quantitative estimate of drug-likeness (QED) is 0.558. The molecule has 12 heavy (non-hydrogen) atoms. The van der Waals surface area contributed by atoms with Gasteiger partial charge in [0.15, 0.2) is 0 Å². The molecule has 71 valence electrons. The van der Waals surface area contributed by atoms with Crippen LogP contribution in [0.25, 0.3) is 0 Å². The fourth-order valence-electron chi connectivity index (χ4n) is 1.07. The fraction of sp³-hybridized carbons (Fsp3) is 0.889. The minimum absolute atomic E-state index is 0.254. The van der Waals surface area contributed by atoms with Gasteiger partial charge >= 0.3 is 0 Å². The van der Waals surface area contributed by atoms with Crippen LogP contribution in [0.4, 0.5) is 0 Å². The standard InChI is InChI=1S/C9H17O3/c1-3-10-4-5-11-6-9(2)7-12-8-9/h1,3-8H2,2H3. The van der Waals surface area contributed by atoms with E-state index in [1.807, 2.05) is 0 Å². The first kappa shape index (κ1) is 9.96. The van der Waals surface area contributed by atoms with Gasteiger partial charge in [-0.2, -0.15) is 0 Å². The van der Waals surface area contributed by atoms with Crippen LogP contribution in [0.3, 0.4) is 0 Å². The van der Waals surface area contributed by atoms with Crippen molar-refractivity contribution in [2.45, 2.75) is 6.92 Å². The molecule has 1 rings (SSSR count). The molecule has 0 N–H and O–H groups in total. The summed E-state index contributed by atoms with van der Waals surface area (Å²) in [6.07, 6.45) is 0. The third kappa shape index (κ3) is 3.09. The summed E-state index contributed by atoms with van der Waals surface area (Å²) in [6.45, 7) is 9.96. The molecule has 3 heteroatoms. The van der Waals surface area contributed by atoms with Gasteiger partial charge in [-0.25, -0.2) is 0 Å². The molecule has 0 amide bonds. The van der Waals surface area contributed by atoms with Gasteiger partial charge < -0.3 is 14.2 Å². The van der Waals surface area contributed by atoms with Crippen LogP contribution in [0.1, 0.15) is 6.92 Å². The molecule has 1 radical (unpaired) electrons. The molecule has 1 heterocycles. The highest BCUT2D eigenvalue weighted by atomic mass is 16.5. The van der Waals surface area contributed by atoms with Gasteiger partial charge in [0.1, 0.15) is 0 Å². The molecule has 0 aliphatic carbocycles. The highest BCUT2D eigenvalue weighted by Gasteiger charge is 2.33. The lowest BCUT2D eigenvalue weighted by atomic mass is 9.90. The second-order valence-corrected chi connectivity index (χ2v) is 3.47. The van der Waals surface area contributed by atoms with E-state index in [1.165, 1.54) is 0 Å². The molecule has 0 saturated carbocycles. The van der Waals surface area contributed by atoms with Crippen LogP contribution in [-0.4, -0.2) is 39.6 Å².